The van der Waals surface area contributed by atoms with Gasteiger partial charge < -0.3 is 5.32 Å². The summed E-state index contributed by atoms with van der Waals surface area (Å²) in [4.78, 5) is 23.5. The Bertz CT molecular complexity index is 794. The van der Waals surface area contributed by atoms with Gasteiger partial charge in [-0.3, -0.25) is 9.59 Å². The Kier molecular flexibility index (Phi) is 6.61. The molecule has 2 aromatic rings. The Hall–Kier alpha value is -2.08. The number of rotatable bonds is 5. The van der Waals surface area contributed by atoms with Crippen LogP contribution in [0.2, 0.25) is 15.1 Å². The highest BCUT2D eigenvalue weighted by Gasteiger charge is 2.10. The Morgan fingerprint density at radius 2 is 1.71 bits per heavy atom. The summed E-state index contributed by atoms with van der Waals surface area (Å²) < 4.78 is 0. The molecule has 5 nitrogen and oxygen atoms in total. The van der Waals surface area contributed by atoms with Crippen LogP contribution in [0.15, 0.2) is 47.6 Å². The van der Waals surface area contributed by atoms with Crippen molar-refractivity contribution < 1.29 is 9.59 Å². The van der Waals surface area contributed by atoms with E-state index in [0.29, 0.717) is 26.3 Å². The van der Waals surface area contributed by atoms with Gasteiger partial charge in [0.2, 0.25) is 11.8 Å². The van der Waals surface area contributed by atoms with E-state index in [9.17, 15) is 9.59 Å². The minimum absolute atomic E-state index is 0.309. The highest BCUT2D eigenvalue weighted by atomic mass is 35.5. The van der Waals surface area contributed by atoms with E-state index in [1.54, 1.807) is 36.4 Å². The zero-order valence-electron chi connectivity index (χ0n) is 12.2. The molecular formula is C16H12Cl3N3O2. The van der Waals surface area contributed by atoms with E-state index in [4.69, 9.17) is 34.8 Å². The lowest BCUT2D eigenvalue weighted by Crippen LogP contribution is -2.24. The summed E-state index contributed by atoms with van der Waals surface area (Å²) in [6, 6.07) is 11.7. The molecular weight excluding hydrogens is 373 g/mol. The third-order valence-corrected chi connectivity index (χ3v) is 3.91. The van der Waals surface area contributed by atoms with Crippen LogP contribution in [-0.2, 0) is 9.59 Å². The van der Waals surface area contributed by atoms with Crippen LogP contribution in [0.25, 0.3) is 0 Å². The molecule has 0 aliphatic heterocycles. The fourth-order valence-electron chi connectivity index (χ4n) is 1.72. The van der Waals surface area contributed by atoms with Crippen LogP contribution < -0.4 is 10.7 Å². The minimum atomic E-state index is -0.559. The number of carbonyl (C=O) groups is 2. The van der Waals surface area contributed by atoms with E-state index in [2.05, 4.69) is 15.8 Å². The SMILES string of the molecule is O=C(CC(=O)Nc1ccc(Cl)c(Cl)c1)N/N=C\c1ccccc1Cl. The molecule has 0 heterocycles. The lowest BCUT2D eigenvalue weighted by molar-refractivity contribution is -0.126. The molecule has 0 atom stereocenters. The van der Waals surface area contributed by atoms with Crippen LogP contribution in [0.3, 0.4) is 0 Å². The van der Waals surface area contributed by atoms with E-state index in [-0.39, 0.29) is 6.42 Å². The number of nitrogens with one attached hydrogen (secondary N) is 2. The Morgan fingerprint density at radius 3 is 2.42 bits per heavy atom. The van der Waals surface area contributed by atoms with Gasteiger partial charge in [-0.05, 0) is 24.3 Å². The zero-order chi connectivity index (χ0) is 17.5. The molecule has 0 bridgehead atoms. The highest BCUT2D eigenvalue weighted by Crippen LogP contribution is 2.25. The van der Waals surface area contributed by atoms with Gasteiger partial charge in [0, 0.05) is 16.3 Å². The van der Waals surface area contributed by atoms with Gasteiger partial charge in [0.1, 0.15) is 6.42 Å². The molecule has 2 amide bonds. The van der Waals surface area contributed by atoms with E-state index in [0.717, 1.165) is 0 Å². The second kappa shape index (κ2) is 8.68. The van der Waals surface area contributed by atoms with Gasteiger partial charge in [0.15, 0.2) is 0 Å². The molecule has 0 aromatic heterocycles. The first-order valence-electron chi connectivity index (χ1n) is 6.77. The number of carbonyl (C=O) groups excluding carboxylic acids is 2. The maximum atomic E-state index is 11.8. The molecule has 124 valence electrons. The van der Waals surface area contributed by atoms with Crippen LogP contribution in [-0.4, -0.2) is 18.0 Å². The maximum absolute atomic E-state index is 11.8. The van der Waals surface area contributed by atoms with Crippen molar-refractivity contribution in [3.05, 3.63) is 63.1 Å². The van der Waals surface area contributed by atoms with E-state index in [1.807, 2.05) is 0 Å². The summed E-state index contributed by atoms with van der Waals surface area (Å²) in [5, 5.41) is 7.49. The lowest BCUT2D eigenvalue weighted by atomic mass is 10.2. The first-order valence-corrected chi connectivity index (χ1v) is 7.90. The number of hydrogen-bond donors (Lipinski definition) is 2. The van der Waals surface area contributed by atoms with Crippen molar-refractivity contribution in [3.63, 3.8) is 0 Å². The van der Waals surface area contributed by atoms with E-state index >= 15 is 0 Å². The van der Waals surface area contributed by atoms with Crippen molar-refractivity contribution in [2.75, 3.05) is 5.32 Å². The summed E-state index contributed by atoms with van der Waals surface area (Å²) in [5.74, 6) is -1.06. The smallest absolute Gasteiger partial charge is 0.249 e. The largest absolute Gasteiger partial charge is 0.326 e. The zero-order valence-corrected chi connectivity index (χ0v) is 14.5. The molecule has 0 saturated carbocycles. The van der Waals surface area contributed by atoms with Crippen LogP contribution in [0, 0.1) is 0 Å². The summed E-state index contributed by atoms with van der Waals surface area (Å²) in [6.45, 7) is 0. The van der Waals surface area contributed by atoms with Gasteiger partial charge in [0.25, 0.3) is 0 Å². The van der Waals surface area contributed by atoms with Crippen molar-refractivity contribution in [2.45, 2.75) is 6.42 Å². The third kappa shape index (κ3) is 5.53. The van der Waals surface area contributed by atoms with Crippen molar-refractivity contribution >= 4 is 58.5 Å². The molecule has 0 aliphatic carbocycles. The summed E-state index contributed by atoms with van der Waals surface area (Å²) in [6.07, 6.45) is 1.01. The van der Waals surface area contributed by atoms with Crippen molar-refractivity contribution in [2.24, 2.45) is 5.10 Å². The molecule has 0 spiro atoms. The number of anilines is 1. The highest BCUT2D eigenvalue weighted by molar-refractivity contribution is 6.42. The van der Waals surface area contributed by atoms with Crippen LogP contribution in [0.1, 0.15) is 12.0 Å². The number of amides is 2. The summed E-state index contributed by atoms with van der Waals surface area (Å²) in [5.41, 5.74) is 3.36. The summed E-state index contributed by atoms with van der Waals surface area (Å²) >= 11 is 17.6. The number of benzene rings is 2. The Balaban J connectivity index is 1.84. The van der Waals surface area contributed by atoms with Gasteiger partial charge in [-0.1, -0.05) is 53.0 Å². The average molecular weight is 385 g/mol. The molecule has 0 fully saturated rings. The molecule has 2 aromatic carbocycles. The van der Waals surface area contributed by atoms with Crippen LogP contribution in [0.5, 0.6) is 0 Å². The predicted molar refractivity (Wildman–Crippen MR) is 96.9 cm³/mol. The Labute approximate surface area is 153 Å². The third-order valence-electron chi connectivity index (χ3n) is 2.82. The molecule has 0 aliphatic rings. The quantitative estimate of drug-likeness (QED) is 0.462. The van der Waals surface area contributed by atoms with Crippen LogP contribution in [0.4, 0.5) is 5.69 Å². The second-order valence-corrected chi connectivity index (χ2v) is 5.89. The van der Waals surface area contributed by atoms with Gasteiger partial charge in [0.05, 0.1) is 16.3 Å². The van der Waals surface area contributed by atoms with Crippen molar-refractivity contribution in [3.8, 4) is 0 Å². The second-order valence-electron chi connectivity index (χ2n) is 4.67. The van der Waals surface area contributed by atoms with Gasteiger partial charge >= 0.3 is 0 Å². The molecule has 24 heavy (non-hydrogen) atoms. The molecule has 2 rings (SSSR count). The Morgan fingerprint density at radius 1 is 0.958 bits per heavy atom. The lowest BCUT2D eigenvalue weighted by Gasteiger charge is -2.05. The van der Waals surface area contributed by atoms with E-state index in [1.165, 1.54) is 12.3 Å². The predicted octanol–water partition coefficient (Wildman–Crippen LogP) is 4.13. The van der Waals surface area contributed by atoms with Crippen LogP contribution >= 0.6 is 34.8 Å². The fourth-order valence-corrected chi connectivity index (χ4v) is 2.20. The average Bonchev–Trinajstić information content (AvgIpc) is 2.52. The van der Waals surface area contributed by atoms with E-state index < -0.39 is 11.8 Å². The van der Waals surface area contributed by atoms with Crippen molar-refractivity contribution in [1.29, 1.82) is 0 Å². The molecule has 8 heteroatoms. The fraction of sp³-hybridized carbons (Fsp3) is 0.0625. The standard InChI is InChI=1S/C16H12Cl3N3O2/c17-12-4-2-1-3-10(12)9-20-22-16(24)8-15(23)21-11-5-6-13(18)14(19)7-11/h1-7,9H,8H2,(H,21,23)(H,22,24)/b20-9-. The maximum Gasteiger partial charge on any atom is 0.249 e. The number of nitrogens with zero attached hydrogens (tertiary/aromatic N) is 1. The number of hydrogen-bond acceptors (Lipinski definition) is 3. The molecule has 0 radical (unpaired) electrons. The molecule has 0 saturated heterocycles. The normalized spacial score (nSPS) is 10.6. The van der Waals surface area contributed by atoms with Gasteiger partial charge in [-0.2, -0.15) is 5.10 Å². The van der Waals surface area contributed by atoms with Gasteiger partial charge in [-0.25, -0.2) is 5.43 Å². The molecule has 0 unspecified atom stereocenters. The van der Waals surface area contributed by atoms with Gasteiger partial charge in [-0.15, -0.1) is 0 Å². The number of halogens is 3. The number of hydrazone groups is 1. The summed E-state index contributed by atoms with van der Waals surface area (Å²) in [7, 11) is 0. The minimum Gasteiger partial charge on any atom is -0.326 e. The van der Waals surface area contributed by atoms with Crippen molar-refractivity contribution in [1.82, 2.24) is 5.43 Å². The molecule has 2 N–H and O–H groups in total. The first-order chi connectivity index (χ1) is 11.5. The first kappa shape index (κ1) is 18.3. The topological polar surface area (TPSA) is 70.6 Å². The monoisotopic (exact) mass is 383 g/mol.